The predicted octanol–water partition coefficient (Wildman–Crippen LogP) is 2.35. The topological polar surface area (TPSA) is 107 Å². The Kier molecular flexibility index (Phi) is 3.74. The van der Waals surface area contributed by atoms with Gasteiger partial charge in [0.2, 0.25) is 5.91 Å². The molecule has 1 spiro atoms. The fourth-order valence-electron chi connectivity index (χ4n) is 4.40. The zero-order valence-electron chi connectivity index (χ0n) is 15.9. The van der Waals surface area contributed by atoms with Crippen molar-refractivity contribution in [2.75, 3.05) is 18.5 Å². The van der Waals surface area contributed by atoms with Gasteiger partial charge in [0.05, 0.1) is 11.1 Å². The molecule has 1 atom stereocenters. The molecule has 8 heteroatoms. The maximum atomic E-state index is 12.8. The number of aromatic nitrogens is 1. The number of amides is 3. The predicted molar refractivity (Wildman–Crippen MR) is 103 cm³/mol. The SMILES string of the molecule is Cc1cccc2c1C1(CC1)N(CC(=O)N[C@@H]1COc3cc(C#N)cnc31)C(=O)N2. The Morgan fingerprint density at radius 2 is 2.31 bits per heavy atom. The second kappa shape index (κ2) is 6.21. The van der Waals surface area contributed by atoms with Crippen molar-refractivity contribution in [2.24, 2.45) is 0 Å². The summed E-state index contributed by atoms with van der Waals surface area (Å²) in [7, 11) is 0. The summed E-state index contributed by atoms with van der Waals surface area (Å²) in [6.45, 7) is 2.24. The summed E-state index contributed by atoms with van der Waals surface area (Å²) in [5.74, 6) is 0.240. The summed E-state index contributed by atoms with van der Waals surface area (Å²) < 4.78 is 5.56. The fraction of sp³-hybridized carbons (Fsp3) is 0.333. The molecule has 2 aliphatic heterocycles. The van der Waals surface area contributed by atoms with E-state index in [1.54, 1.807) is 11.0 Å². The fourth-order valence-corrected chi connectivity index (χ4v) is 4.40. The second-order valence-electron chi connectivity index (χ2n) is 7.70. The number of anilines is 1. The number of pyridine rings is 1. The number of hydrogen-bond acceptors (Lipinski definition) is 5. The number of hydrogen-bond donors (Lipinski definition) is 2. The molecule has 3 aliphatic rings. The summed E-state index contributed by atoms with van der Waals surface area (Å²) in [6, 6.07) is 8.85. The van der Waals surface area contributed by atoms with E-state index in [2.05, 4.69) is 15.6 Å². The molecular weight excluding hydrogens is 370 g/mol. The molecule has 29 heavy (non-hydrogen) atoms. The van der Waals surface area contributed by atoms with E-state index in [9.17, 15) is 9.59 Å². The third kappa shape index (κ3) is 2.70. The first-order valence-electron chi connectivity index (χ1n) is 9.53. The van der Waals surface area contributed by atoms with E-state index in [1.165, 1.54) is 6.20 Å². The largest absolute Gasteiger partial charge is 0.489 e. The Hall–Kier alpha value is -3.60. The Balaban J connectivity index is 1.34. The molecule has 2 N–H and O–H groups in total. The lowest BCUT2D eigenvalue weighted by Gasteiger charge is -2.38. The van der Waals surface area contributed by atoms with Crippen LogP contribution in [-0.2, 0) is 10.3 Å². The first-order chi connectivity index (χ1) is 14.0. The minimum Gasteiger partial charge on any atom is -0.489 e. The lowest BCUT2D eigenvalue weighted by atomic mass is 9.93. The first kappa shape index (κ1) is 17.5. The average molecular weight is 389 g/mol. The van der Waals surface area contributed by atoms with E-state index in [4.69, 9.17) is 10.00 Å². The van der Waals surface area contributed by atoms with Gasteiger partial charge >= 0.3 is 6.03 Å². The number of ether oxygens (including phenoxy) is 1. The standard InChI is InChI=1S/C21H19N5O3/c1-12-3-2-4-14-18(12)21(5-6-21)26(20(28)25-14)10-17(27)24-15-11-29-16-7-13(8-22)9-23-19(15)16/h2-4,7,9,15H,5-6,10-11H2,1H3,(H,24,27)(H,25,28)/t15-/m1/s1. The monoisotopic (exact) mass is 389 g/mol. The van der Waals surface area contributed by atoms with Gasteiger partial charge in [-0.05, 0) is 31.4 Å². The van der Waals surface area contributed by atoms with Crippen molar-refractivity contribution in [3.05, 3.63) is 52.8 Å². The molecule has 2 aromatic rings. The van der Waals surface area contributed by atoms with E-state index in [0.29, 0.717) is 17.0 Å². The van der Waals surface area contributed by atoms with Gasteiger partial charge in [0.15, 0.2) is 0 Å². The van der Waals surface area contributed by atoms with Crippen molar-refractivity contribution in [1.82, 2.24) is 15.2 Å². The van der Waals surface area contributed by atoms with Crippen molar-refractivity contribution in [3.63, 3.8) is 0 Å². The van der Waals surface area contributed by atoms with Crippen LogP contribution in [0.25, 0.3) is 0 Å². The van der Waals surface area contributed by atoms with Crippen LogP contribution in [-0.4, -0.2) is 35.0 Å². The Bertz CT molecular complexity index is 1090. The maximum absolute atomic E-state index is 12.8. The van der Waals surface area contributed by atoms with Crippen LogP contribution < -0.4 is 15.4 Å². The number of nitrogens with one attached hydrogen (secondary N) is 2. The van der Waals surface area contributed by atoms with Gasteiger partial charge < -0.3 is 20.3 Å². The highest BCUT2D eigenvalue weighted by Crippen LogP contribution is 2.56. The molecule has 0 saturated heterocycles. The Labute approximate surface area is 167 Å². The van der Waals surface area contributed by atoms with Gasteiger partial charge in [-0.15, -0.1) is 0 Å². The molecule has 1 aliphatic carbocycles. The highest BCUT2D eigenvalue weighted by Gasteiger charge is 2.56. The van der Waals surface area contributed by atoms with Crippen LogP contribution in [0.4, 0.5) is 10.5 Å². The van der Waals surface area contributed by atoms with Gasteiger partial charge in [0.1, 0.15) is 36.7 Å². The summed E-state index contributed by atoms with van der Waals surface area (Å²) >= 11 is 0. The number of urea groups is 1. The van der Waals surface area contributed by atoms with Gasteiger partial charge in [0, 0.05) is 23.5 Å². The third-order valence-corrected chi connectivity index (χ3v) is 5.85. The Morgan fingerprint density at radius 1 is 1.48 bits per heavy atom. The number of nitriles is 1. The van der Waals surface area contributed by atoms with Gasteiger partial charge in [-0.3, -0.25) is 9.78 Å². The van der Waals surface area contributed by atoms with E-state index >= 15 is 0 Å². The lowest BCUT2D eigenvalue weighted by molar-refractivity contribution is -0.123. The Morgan fingerprint density at radius 3 is 3.07 bits per heavy atom. The summed E-state index contributed by atoms with van der Waals surface area (Å²) in [5, 5.41) is 14.8. The van der Waals surface area contributed by atoms with Gasteiger partial charge in [-0.25, -0.2) is 4.79 Å². The number of rotatable bonds is 3. The zero-order valence-corrected chi connectivity index (χ0v) is 15.9. The van der Waals surface area contributed by atoms with Crippen LogP contribution in [0.2, 0.25) is 0 Å². The van der Waals surface area contributed by atoms with E-state index in [-0.39, 0.29) is 25.1 Å². The third-order valence-electron chi connectivity index (χ3n) is 5.85. The highest BCUT2D eigenvalue weighted by atomic mass is 16.5. The number of carbonyl (C=O) groups excluding carboxylic acids is 2. The van der Waals surface area contributed by atoms with Crippen LogP contribution in [0, 0.1) is 18.3 Å². The molecule has 146 valence electrons. The molecule has 0 radical (unpaired) electrons. The lowest BCUT2D eigenvalue weighted by Crippen LogP contribution is -2.52. The van der Waals surface area contributed by atoms with Crippen LogP contribution >= 0.6 is 0 Å². The average Bonchev–Trinajstić information content (AvgIpc) is 3.39. The second-order valence-corrected chi connectivity index (χ2v) is 7.70. The number of fused-ring (bicyclic) bond motifs is 3. The summed E-state index contributed by atoms with van der Waals surface area (Å²) in [4.78, 5) is 31.4. The van der Waals surface area contributed by atoms with Crippen molar-refractivity contribution < 1.29 is 14.3 Å². The van der Waals surface area contributed by atoms with Crippen LogP contribution in [0.1, 0.15) is 41.3 Å². The number of carbonyl (C=O) groups is 2. The van der Waals surface area contributed by atoms with Gasteiger partial charge in [0.25, 0.3) is 0 Å². The quantitative estimate of drug-likeness (QED) is 0.838. The number of aryl methyl sites for hydroxylation is 1. The van der Waals surface area contributed by atoms with Crippen LogP contribution in [0.15, 0.2) is 30.5 Å². The molecular formula is C21H19N5O3. The van der Waals surface area contributed by atoms with Crippen LogP contribution in [0.3, 0.4) is 0 Å². The van der Waals surface area contributed by atoms with Crippen molar-refractivity contribution in [2.45, 2.75) is 31.3 Å². The summed E-state index contributed by atoms with van der Waals surface area (Å²) in [6.07, 6.45) is 3.16. The summed E-state index contributed by atoms with van der Waals surface area (Å²) in [5.41, 5.74) is 3.66. The van der Waals surface area contributed by atoms with Crippen molar-refractivity contribution >= 4 is 17.6 Å². The van der Waals surface area contributed by atoms with Crippen molar-refractivity contribution in [1.29, 1.82) is 5.26 Å². The number of nitrogens with zero attached hydrogens (tertiary/aromatic N) is 3. The minimum atomic E-state index is -0.401. The first-order valence-corrected chi connectivity index (χ1v) is 9.53. The molecule has 1 saturated carbocycles. The van der Waals surface area contributed by atoms with E-state index in [0.717, 1.165) is 29.7 Å². The molecule has 3 heterocycles. The normalized spacial score (nSPS) is 20.2. The molecule has 5 rings (SSSR count). The van der Waals surface area contributed by atoms with Crippen molar-refractivity contribution in [3.8, 4) is 11.8 Å². The minimum absolute atomic E-state index is 0.0400. The molecule has 1 aromatic heterocycles. The molecule has 0 bridgehead atoms. The van der Waals surface area contributed by atoms with E-state index in [1.807, 2.05) is 31.2 Å². The van der Waals surface area contributed by atoms with Gasteiger partial charge in [-0.1, -0.05) is 12.1 Å². The molecule has 1 aromatic carbocycles. The van der Waals surface area contributed by atoms with E-state index < -0.39 is 11.6 Å². The number of benzene rings is 1. The zero-order chi connectivity index (χ0) is 20.2. The maximum Gasteiger partial charge on any atom is 0.323 e. The molecule has 3 amide bonds. The molecule has 0 unspecified atom stereocenters. The smallest absolute Gasteiger partial charge is 0.323 e. The highest BCUT2D eigenvalue weighted by molar-refractivity contribution is 5.97. The van der Waals surface area contributed by atoms with Gasteiger partial charge in [-0.2, -0.15) is 5.26 Å². The van der Waals surface area contributed by atoms with Crippen LogP contribution in [0.5, 0.6) is 5.75 Å². The molecule has 8 nitrogen and oxygen atoms in total. The molecule has 1 fully saturated rings.